The van der Waals surface area contributed by atoms with E-state index in [-0.39, 0.29) is 18.1 Å². The van der Waals surface area contributed by atoms with Gasteiger partial charge in [-0.15, -0.1) is 0 Å². The number of nitrogens with one attached hydrogen (secondary N) is 2. The maximum Gasteiger partial charge on any atom is 0.414 e. The Morgan fingerprint density at radius 1 is 1.00 bits per heavy atom. The smallest absolute Gasteiger partial charge is 0.414 e. The van der Waals surface area contributed by atoms with Crippen molar-refractivity contribution in [3.05, 3.63) is 54.1 Å². The maximum atomic E-state index is 12.2. The van der Waals surface area contributed by atoms with E-state index in [0.29, 0.717) is 13.1 Å². The number of cyclic esters (lactones) is 1. The summed E-state index contributed by atoms with van der Waals surface area (Å²) in [5.74, 6) is -0.134. The highest BCUT2D eigenvalue weighted by atomic mass is 16.6. The van der Waals surface area contributed by atoms with Crippen LogP contribution in [0.4, 0.5) is 10.5 Å². The van der Waals surface area contributed by atoms with Crippen molar-refractivity contribution in [1.82, 2.24) is 20.7 Å². The zero-order valence-electron chi connectivity index (χ0n) is 18.7. The third kappa shape index (κ3) is 5.64. The number of benzene rings is 2. The van der Waals surface area contributed by atoms with Gasteiger partial charge in [0.05, 0.1) is 13.1 Å². The fraction of sp³-hybridized carbons (Fsp3) is 0.417. The Balaban J connectivity index is 1.32. The number of piperazine rings is 1. The molecular weight excluding hydrogens is 406 g/mol. The number of hydrazine groups is 1. The lowest BCUT2D eigenvalue weighted by Crippen LogP contribution is -2.50. The number of hydrogen-bond acceptors (Lipinski definition) is 6. The lowest BCUT2D eigenvalue weighted by Gasteiger charge is -2.32. The van der Waals surface area contributed by atoms with E-state index in [4.69, 9.17) is 4.74 Å². The van der Waals surface area contributed by atoms with Crippen LogP contribution in [-0.2, 0) is 16.1 Å². The molecule has 8 heteroatoms. The molecule has 2 amide bonds. The zero-order chi connectivity index (χ0) is 22.5. The van der Waals surface area contributed by atoms with Crippen LogP contribution in [0.3, 0.4) is 0 Å². The fourth-order valence-electron chi connectivity index (χ4n) is 3.91. The minimum atomic E-state index is -0.384. The quantitative estimate of drug-likeness (QED) is 0.691. The van der Waals surface area contributed by atoms with E-state index in [2.05, 4.69) is 52.0 Å². The van der Waals surface area contributed by atoms with Gasteiger partial charge in [-0.25, -0.2) is 9.80 Å². The molecule has 2 aromatic carbocycles. The van der Waals surface area contributed by atoms with Crippen LogP contribution in [0.15, 0.2) is 48.5 Å². The summed E-state index contributed by atoms with van der Waals surface area (Å²) < 4.78 is 5.34. The number of anilines is 1. The number of carbonyl (C=O) groups excluding carboxylic acids is 2. The molecule has 2 fully saturated rings. The topological polar surface area (TPSA) is 77.2 Å². The van der Waals surface area contributed by atoms with Crippen molar-refractivity contribution in [2.24, 2.45) is 0 Å². The SMILES string of the molecule is CC(=O)NCC1CN(c2ccc(-c3ccc(CNN4CCN(C)CC4)cc3)cc2)C(=O)O1. The van der Waals surface area contributed by atoms with E-state index in [1.54, 1.807) is 4.90 Å². The number of hydrogen-bond donors (Lipinski definition) is 2. The summed E-state index contributed by atoms with van der Waals surface area (Å²) in [5.41, 5.74) is 7.77. The van der Waals surface area contributed by atoms with Gasteiger partial charge in [0.2, 0.25) is 5.91 Å². The zero-order valence-corrected chi connectivity index (χ0v) is 18.7. The first kappa shape index (κ1) is 22.3. The summed E-state index contributed by atoms with van der Waals surface area (Å²) in [4.78, 5) is 27.2. The van der Waals surface area contributed by atoms with Gasteiger partial charge in [0, 0.05) is 45.3 Å². The number of rotatable bonds is 7. The van der Waals surface area contributed by atoms with Crippen molar-refractivity contribution in [2.45, 2.75) is 19.6 Å². The first-order valence-corrected chi connectivity index (χ1v) is 11.1. The van der Waals surface area contributed by atoms with Crippen LogP contribution in [-0.4, -0.2) is 74.3 Å². The molecule has 0 aliphatic carbocycles. The minimum Gasteiger partial charge on any atom is -0.442 e. The first-order chi connectivity index (χ1) is 15.5. The molecule has 0 aromatic heterocycles. The third-order valence-corrected chi connectivity index (χ3v) is 5.93. The van der Waals surface area contributed by atoms with E-state index in [1.165, 1.54) is 12.5 Å². The van der Waals surface area contributed by atoms with Gasteiger partial charge in [0.15, 0.2) is 0 Å². The minimum absolute atomic E-state index is 0.134. The lowest BCUT2D eigenvalue weighted by molar-refractivity contribution is -0.119. The second-order valence-electron chi connectivity index (χ2n) is 8.42. The molecule has 8 nitrogen and oxygen atoms in total. The predicted molar refractivity (Wildman–Crippen MR) is 124 cm³/mol. The molecule has 0 radical (unpaired) electrons. The van der Waals surface area contributed by atoms with Crippen molar-refractivity contribution < 1.29 is 14.3 Å². The average Bonchev–Trinajstić information content (AvgIpc) is 3.18. The summed E-state index contributed by atoms with van der Waals surface area (Å²) in [6, 6.07) is 16.4. The molecule has 170 valence electrons. The molecule has 0 bridgehead atoms. The summed E-state index contributed by atoms with van der Waals surface area (Å²) in [6.45, 7) is 7.28. The monoisotopic (exact) mass is 437 g/mol. The van der Waals surface area contributed by atoms with Crippen molar-refractivity contribution in [3.8, 4) is 11.1 Å². The molecule has 32 heavy (non-hydrogen) atoms. The van der Waals surface area contributed by atoms with Gasteiger partial charge in [-0.3, -0.25) is 15.1 Å². The number of carbonyl (C=O) groups is 2. The molecule has 2 heterocycles. The highest BCUT2D eigenvalue weighted by Gasteiger charge is 2.32. The van der Waals surface area contributed by atoms with E-state index in [1.807, 2.05) is 24.3 Å². The molecule has 2 aromatic rings. The highest BCUT2D eigenvalue weighted by Crippen LogP contribution is 2.26. The lowest BCUT2D eigenvalue weighted by atomic mass is 10.0. The van der Waals surface area contributed by atoms with Crippen LogP contribution in [0, 0.1) is 0 Å². The summed E-state index contributed by atoms with van der Waals surface area (Å²) >= 11 is 0. The molecular formula is C24H31N5O3. The van der Waals surface area contributed by atoms with Crippen LogP contribution >= 0.6 is 0 Å². The Labute approximate surface area is 189 Å². The van der Waals surface area contributed by atoms with Crippen molar-refractivity contribution in [1.29, 1.82) is 0 Å². The van der Waals surface area contributed by atoms with Gasteiger partial charge < -0.3 is 15.0 Å². The number of ether oxygens (including phenoxy) is 1. The van der Waals surface area contributed by atoms with Gasteiger partial charge in [0.1, 0.15) is 6.10 Å². The molecule has 0 spiro atoms. The molecule has 2 saturated heterocycles. The van der Waals surface area contributed by atoms with Crippen LogP contribution in [0.25, 0.3) is 11.1 Å². The Morgan fingerprint density at radius 2 is 1.62 bits per heavy atom. The average molecular weight is 438 g/mol. The molecule has 2 aliphatic heterocycles. The van der Waals surface area contributed by atoms with Gasteiger partial charge in [-0.2, -0.15) is 0 Å². The van der Waals surface area contributed by atoms with Crippen LogP contribution < -0.4 is 15.6 Å². The van der Waals surface area contributed by atoms with Crippen molar-refractivity contribution >= 4 is 17.7 Å². The Morgan fingerprint density at radius 3 is 2.25 bits per heavy atom. The Kier molecular flexibility index (Phi) is 7.04. The fourth-order valence-corrected chi connectivity index (χ4v) is 3.91. The Hall–Kier alpha value is -2.94. The Bertz CT molecular complexity index is 924. The van der Waals surface area contributed by atoms with E-state index in [9.17, 15) is 9.59 Å². The standard InChI is InChI=1S/C24H31N5O3/c1-18(30)25-16-23-17-29(24(31)32-23)22-9-7-21(8-10-22)20-5-3-19(4-6-20)15-26-28-13-11-27(2)12-14-28/h3-10,23,26H,11-17H2,1-2H3,(H,25,30). The third-order valence-electron chi connectivity index (χ3n) is 5.93. The number of nitrogens with zero attached hydrogens (tertiary/aromatic N) is 3. The number of amides is 2. The molecule has 0 saturated carbocycles. The van der Waals surface area contributed by atoms with Crippen molar-refractivity contribution in [2.75, 3.05) is 51.2 Å². The van der Waals surface area contributed by atoms with E-state index < -0.39 is 0 Å². The number of likely N-dealkylation sites (N-methyl/N-ethyl adjacent to an activating group) is 1. The van der Waals surface area contributed by atoms with Gasteiger partial charge in [-0.05, 0) is 35.9 Å². The van der Waals surface area contributed by atoms with Crippen LogP contribution in [0.2, 0.25) is 0 Å². The largest absolute Gasteiger partial charge is 0.442 e. The first-order valence-electron chi connectivity index (χ1n) is 11.1. The van der Waals surface area contributed by atoms with Crippen LogP contribution in [0.1, 0.15) is 12.5 Å². The predicted octanol–water partition coefficient (Wildman–Crippen LogP) is 2.07. The molecule has 2 aliphatic rings. The second kappa shape index (κ2) is 10.1. The maximum absolute atomic E-state index is 12.2. The molecule has 1 unspecified atom stereocenters. The molecule has 2 N–H and O–H groups in total. The van der Waals surface area contributed by atoms with Gasteiger partial charge in [-0.1, -0.05) is 36.4 Å². The van der Waals surface area contributed by atoms with Gasteiger partial charge in [0.25, 0.3) is 0 Å². The van der Waals surface area contributed by atoms with E-state index in [0.717, 1.165) is 49.5 Å². The molecule has 1 atom stereocenters. The van der Waals surface area contributed by atoms with Crippen LogP contribution in [0.5, 0.6) is 0 Å². The summed E-state index contributed by atoms with van der Waals surface area (Å²) in [5, 5.41) is 4.98. The highest BCUT2D eigenvalue weighted by molar-refractivity contribution is 5.90. The van der Waals surface area contributed by atoms with E-state index >= 15 is 0 Å². The summed E-state index contributed by atoms with van der Waals surface area (Å²) in [6.07, 6.45) is -0.719. The summed E-state index contributed by atoms with van der Waals surface area (Å²) in [7, 11) is 2.16. The molecule has 4 rings (SSSR count). The normalized spacial score (nSPS) is 19.8. The second-order valence-corrected chi connectivity index (χ2v) is 8.42. The van der Waals surface area contributed by atoms with Crippen molar-refractivity contribution in [3.63, 3.8) is 0 Å². The van der Waals surface area contributed by atoms with Gasteiger partial charge >= 0.3 is 6.09 Å².